The van der Waals surface area contributed by atoms with Gasteiger partial charge in [0.2, 0.25) is 0 Å². The Labute approximate surface area is 107 Å². The van der Waals surface area contributed by atoms with Crippen LogP contribution in [0.15, 0.2) is 34.1 Å². The molecule has 0 saturated heterocycles. The molecule has 0 radical (unpaired) electrons. The second kappa shape index (κ2) is 4.34. The number of hydrogen-bond acceptors (Lipinski definition) is 4. The Kier molecular flexibility index (Phi) is 2.68. The van der Waals surface area contributed by atoms with Gasteiger partial charge in [0.05, 0.1) is 11.1 Å². The van der Waals surface area contributed by atoms with Gasteiger partial charge in [0.25, 0.3) is 5.56 Å². The van der Waals surface area contributed by atoms with E-state index in [4.69, 9.17) is 0 Å². The molecule has 0 unspecified atom stereocenters. The minimum Gasteiger partial charge on any atom is -0.298 e. The summed E-state index contributed by atoms with van der Waals surface area (Å²) in [5, 5.41) is 0. The molecule has 1 aliphatic rings. The van der Waals surface area contributed by atoms with Crippen LogP contribution in [0.2, 0.25) is 0 Å². The minimum absolute atomic E-state index is 0.0238. The smallest absolute Gasteiger partial charge is 0.270 e. The third-order valence-corrected chi connectivity index (χ3v) is 3.87. The maximum absolute atomic E-state index is 12.0. The van der Waals surface area contributed by atoms with Crippen molar-refractivity contribution >= 4 is 23.7 Å². The summed E-state index contributed by atoms with van der Waals surface area (Å²) >= 11 is 1.41. The normalized spacial score (nSPS) is 14.3. The van der Waals surface area contributed by atoms with Crippen LogP contribution in [0, 0.1) is 0 Å². The van der Waals surface area contributed by atoms with Gasteiger partial charge in [0.1, 0.15) is 6.29 Å². The molecule has 3 rings (SSSR count). The zero-order valence-corrected chi connectivity index (χ0v) is 10.3. The average Bonchev–Trinajstić information content (AvgIpc) is 2.95. The fraction of sp³-hybridized carbons (Fsp3) is 0.154. The molecule has 0 spiro atoms. The Bertz CT molecular complexity index is 769. The molecule has 0 aliphatic carbocycles. The number of hydrogen-bond donors (Lipinski definition) is 0. The molecule has 0 bridgehead atoms. The highest BCUT2D eigenvalue weighted by atomic mass is 32.1. The average molecular weight is 258 g/mol. The molecule has 2 aromatic rings. The molecule has 5 heteroatoms. The van der Waals surface area contributed by atoms with Crippen LogP contribution in [0.25, 0.3) is 6.08 Å². The summed E-state index contributed by atoms with van der Waals surface area (Å²) in [6, 6.07) is 7.13. The molecule has 1 aromatic carbocycles. The highest BCUT2D eigenvalue weighted by Crippen LogP contribution is 2.02. The summed E-state index contributed by atoms with van der Waals surface area (Å²) in [5.74, 6) is 0. The summed E-state index contributed by atoms with van der Waals surface area (Å²) in [7, 11) is 0. The maximum atomic E-state index is 12.0. The highest BCUT2D eigenvalue weighted by Gasteiger charge is 2.09. The van der Waals surface area contributed by atoms with Crippen LogP contribution in [0.3, 0.4) is 0 Å². The van der Waals surface area contributed by atoms with Crippen LogP contribution in [-0.2, 0) is 6.54 Å². The Morgan fingerprint density at radius 3 is 2.61 bits per heavy atom. The summed E-state index contributed by atoms with van der Waals surface area (Å²) in [5.41, 5.74) is 1.57. The van der Waals surface area contributed by atoms with E-state index in [2.05, 4.69) is 4.99 Å². The number of thiazole rings is 1. The molecule has 0 atom stereocenters. The number of nitrogens with zero attached hydrogens (tertiary/aromatic N) is 2. The Morgan fingerprint density at radius 1 is 1.22 bits per heavy atom. The third-order valence-electron chi connectivity index (χ3n) is 2.83. The first kappa shape index (κ1) is 11.1. The Balaban J connectivity index is 2.11. The number of aromatic nitrogens is 1. The van der Waals surface area contributed by atoms with E-state index in [1.165, 1.54) is 11.3 Å². The summed E-state index contributed by atoms with van der Waals surface area (Å²) in [6.07, 6.45) is 2.64. The molecule has 2 heterocycles. The molecule has 0 fully saturated rings. The Hall–Kier alpha value is -2.01. The van der Waals surface area contributed by atoms with Gasteiger partial charge in [-0.2, -0.15) is 0 Å². The summed E-state index contributed by atoms with van der Waals surface area (Å²) in [6.45, 7) is 1.39. The van der Waals surface area contributed by atoms with Gasteiger partial charge >= 0.3 is 0 Å². The fourth-order valence-electron chi connectivity index (χ4n) is 1.89. The van der Waals surface area contributed by atoms with Gasteiger partial charge in [-0.05, 0) is 11.6 Å². The van der Waals surface area contributed by atoms with Crippen molar-refractivity contribution in [1.29, 1.82) is 0 Å². The van der Waals surface area contributed by atoms with Gasteiger partial charge in [0, 0.05) is 12.1 Å². The lowest BCUT2D eigenvalue weighted by molar-refractivity contribution is 0.112. The first-order valence-corrected chi connectivity index (χ1v) is 6.41. The number of carbonyl (C=O) groups is 1. The van der Waals surface area contributed by atoms with Crippen molar-refractivity contribution in [2.45, 2.75) is 6.54 Å². The number of carbonyl (C=O) groups excluding carboxylic acids is 1. The standard InChI is InChI=1S/C13H10N2O2S/c16-8-10-3-1-9(2-4-10)7-11-12(17)15-6-5-14-13(15)18-11/h1-4,7-8H,5-6H2/b11-7+. The SMILES string of the molecule is O=Cc1ccc(/C=c2/sc3n(c2=O)CCN=3)cc1. The molecule has 0 saturated carbocycles. The number of fused-ring (bicyclic) bond motifs is 1. The van der Waals surface area contributed by atoms with Crippen molar-refractivity contribution in [3.05, 3.63) is 55.1 Å². The van der Waals surface area contributed by atoms with Gasteiger partial charge in [0.15, 0.2) is 4.80 Å². The van der Waals surface area contributed by atoms with E-state index >= 15 is 0 Å². The largest absolute Gasteiger partial charge is 0.298 e. The van der Waals surface area contributed by atoms with E-state index in [0.29, 0.717) is 23.2 Å². The topological polar surface area (TPSA) is 51.4 Å². The molecule has 0 amide bonds. The monoisotopic (exact) mass is 258 g/mol. The van der Waals surface area contributed by atoms with Crippen molar-refractivity contribution in [3.63, 3.8) is 0 Å². The van der Waals surface area contributed by atoms with Crippen molar-refractivity contribution in [2.75, 3.05) is 6.54 Å². The van der Waals surface area contributed by atoms with Gasteiger partial charge in [-0.1, -0.05) is 35.6 Å². The molecule has 0 N–H and O–H groups in total. The molecule has 90 valence electrons. The zero-order chi connectivity index (χ0) is 12.5. The van der Waals surface area contributed by atoms with E-state index in [-0.39, 0.29) is 5.56 Å². The van der Waals surface area contributed by atoms with Crippen molar-refractivity contribution < 1.29 is 4.79 Å². The lowest BCUT2D eigenvalue weighted by Crippen LogP contribution is -2.29. The quantitative estimate of drug-likeness (QED) is 0.722. The van der Waals surface area contributed by atoms with Crippen LogP contribution in [0.5, 0.6) is 0 Å². The predicted molar refractivity (Wildman–Crippen MR) is 69.6 cm³/mol. The number of benzene rings is 1. The second-order valence-corrected chi connectivity index (χ2v) is 5.03. The van der Waals surface area contributed by atoms with Gasteiger partial charge in [-0.25, -0.2) is 0 Å². The first-order valence-electron chi connectivity index (χ1n) is 5.59. The van der Waals surface area contributed by atoms with E-state index < -0.39 is 0 Å². The highest BCUT2D eigenvalue weighted by molar-refractivity contribution is 7.07. The zero-order valence-electron chi connectivity index (χ0n) is 9.50. The molecule has 1 aromatic heterocycles. The van der Waals surface area contributed by atoms with Crippen molar-refractivity contribution in [1.82, 2.24) is 4.57 Å². The molecule has 4 nitrogen and oxygen atoms in total. The summed E-state index contributed by atoms with van der Waals surface area (Å²) in [4.78, 5) is 27.6. The predicted octanol–water partition coefficient (Wildman–Crippen LogP) is 0.184. The first-order chi connectivity index (χ1) is 8.78. The van der Waals surface area contributed by atoms with Gasteiger partial charge in [-0.3, -0.25) is 19.1 Å². The van der Waals surface area contributed by atoms with Gasteiger partial charge < -0.3 is 0 Å². The lowest BCUT2D eigenvalue weighted by atomic mass is 10.1. The maximum Gasteiger partial charge on any atom is 0.270 e. The van der Waals surface area contributed by atoms with Gasteiger partial charge in [-0.15, -0.1) is 0 Å². The van der Waals surface area contributed by atoms with E-state index in [0.717, 1.165) is 16.7 Å². The van der Waals surface area contributed by atoms with E-state index in [9.17, 15) is 9.59 Å². The minimum atomic E-state index is 0.0238. The van der Waals surface area contributed by atoms with Crippen LogP contribution < -0.4 is 14.9 Å². The van der Waals surface area contributed by atoms with Crippen molar-refractivity contribution in [2.24, 2.45) is 4.99 Å². The van der Waals surface area contributed by atoms with E-state index in [1.807, 2.05) is 18.2 Å². The van der Waals surface area contributed by atoms with Crippen molar-refractivity contribution in [3.8, 4) is 0 Å². The van der Waals surface area contributed by atoms with Crippen LogP contribution in [0.1, 0.15) is 15.9 Å². The van der Waals surface area contributed by atoms with E-state index in [1.54, 1.807) is 16.7 Å². The Morgan fingerprint density at radius 2 is 1.94 bits per heavy atom. The lowest BCUT2D eigenvalue weighted by Gasteiger charge is -1.92. The second-order valence-electron chi connectivity index (χ2n) is 4.02. The molecular formula is C13H10N2O2S. The molecule has 18 heavy (non-hydrogen) atoms. The fourth-order valence-corrected chi connectivity index (χ4v) is 2.92. The molecule has 1 aliphatic heterocycles. The number of aldehydes is 1. The summed E-state index contributed by atoms with van der Waals surface area (Å²) < 4.78 is 2.39. The van der Waals surface area contributed by atoms with Crippen LogP contribution in [-0.4, -0.2) is 17.4 Å². The van der Waals surface area contributed by atoms with Crippen LogP contribution in [0.4, 0.5) is 0 Å². The number of rotatable bonds is 2. The third kappa shape index (κ3) is 1.82. The van der Waals surface area contributed by atoms with Crippen LogP contribution >= 0.6 is 11.3 Å². The molecular weight excluding hydrogens is 248 g/mol.